The van der Waals surface area contributed by atoms with Crippen LogP contribution in [0.1, 0.15) is 25.7 Å². The lowest BCUT2D eigenvalue weighted by atomic mass is 10.1. The Morgan fingerprint density at radius 1 is 1.09 bits per heavy atom. The summed E-state index contributed by atoms with van der Waals surface area (Å²) in [6.45, 7) is 0.905. The summed E-state index contributed by atoms with van der Waals surface area (Å²) in [6.07, 6.45) is 2.51. The van der Waals surface area contributed by atoms with Gasteiger partial charge in [-0.1, -0.05) is 6.07 Å². The molecule has 2 aliphatic heterocycles. The first kappa shape index (κ1) is 16.3. The fourth-order valence-electron chi connectivity index (χ4n) is 3.31. The maximum atomic E-state index is 13.9. The van der Waals surface area contributed by atoms with Crippen molar-refractivity contribution in [3.63, 3.8) is 0 Å². The number of nitrogens with zero attached hydrogens (tertiary/aromatic N) is 2. The number of carbonyl (C=O) groups is 1. The molecule has 1 unspecified atom stereocenters. The van der Waals surface area contributed by atoms with Crippen LogP contribution >= 0.6 is 0 Å². The molecule has 2 fully saturated rings. The van der Waals surface area contributed by atoms with E-state index in [1.54, 1.807) is 4.90 Å². The third kappa shape index (κ3) is 2.97. The second kappa shape index (κ2) is 6.16. The fraction of sp³-hybridized carbons (Fsp3) is 0.533. The van der Waals surface area contributed by atoms with Crippen molar-refractivity contribution in [3.8, 4) is 0 Å². The normalized spacial score (nSPS) is 23.5. The smallest absolute Gasteiger partial charge is 0.248 e. The molecule has 2 saturated heterocycles. The Morgan fingerprint density at radius 3 is 2.39 bits per heavy atom. The Labute approximate surface area is 133 Å². The number of rotatable bonds is 3. The molecule has 1 atom stereocenters. The zero-order chi connectivity index (χ0) is 16.6. The van der Waals surface area contributed by atoms with E-state index >= 15 is 0 Å². The SMILES string of the molecule is O=C1CCCN1C1CCCN(S(=O)(=O)c2c(F)cccc2F)C1. The maximum Gasteiger partial charge on any atom is 0.248 e. The van der Waals surface area contributed by atoms with Gasteiger partial charge in [-0.2, -0.15) is 4.31 Å². The molecular weight excluding hydrogens is 326 g/mol. The molecule has 1 aromatic rings. The van der Waals surface area contributed by atoms with E-state index in [0.29, 0.717) is 25.8 Å². The highest BCUT2D eigenvalue weighted by Crippen LogP contribution is 2.28. The predicted molar refractivity (Wildman–Crippen MR) is 79.1 cm³/mol. The summed E-state index contributed by atoms with van der Waals surface area (Å²) >= 11 is 0. The lowest BCUT2D eigenvalue weighted by Crippen LogP contribution is -2.50. The van der Waals surface area contributed by atoms with Crippen molar-refractivity contribution < 1.29 is 22.0 Å². The number of hydrogen-bond donors (Lipinski definition) is 0. The molecule has 2 heterocycles. The van der Waals surface area contributed by atoms with Gasteiger partial charge in [-0.25, -0.2) is 17.2 Å². The highest BCUT2D eigenvalue weighted by atomic mass is 32.2. The highest BCUT2D eigenvalue weighted by Gasteiger charge is 2.37. The number of carbonyl (C=O) groups excluding carboxylic acids is 1. The first-order valence-electron chi connectivity index (χ1n) is 7.65. The van der Waals surface area contributed by atoms with Gasteiger partial charge in [0.05, 0.1) is 0 Å². The zero-order valence-corrected chi connectivity index (χ0v) is 13.4. The van der Waals surface area contributed by atoms with Gasteiger partial charge in [-0.05, 0) is 31.4 Å². The average molecular weight is 344 g/mol. The van der Waals surface area contributed by atoms with E-state index in [0.717, 1.165) is 28.9 Å². The van der Waals surface area contributed by atoms with Crippen LogP contribution in [-0.4, -0.2) is 49.2 Å². The number of sulfonamides is 1. The molecule has 0 spiro atoms. The highest BCUT2D eigenvalue weighted by molar-refractivity contribution is 7.89. The summed E-state index contributed by atoms with van der Waals surface area (Å²) in [6, 6.07) is 2.78. The van der Waals surface area contributed by atoms with E-state index in [1.165, 1.54) is 0 Å². The van der Waals surface area contributed by atoms with Crippen LogP contribution in [0.4, 0.5) is 8.78 Å². The minimum atomic E-state index is -4.26. The van der Waals surface area contributed by atoms with Gasteiger partial charge < -0.3 is 4.90 Å². The van der Waals surface area contributed by atoms with Crippen molar-refractivity contribution in [2.45, 2.75) is 36.6 Å². The minimum Gasteiger partial charge on any atom is -0.338 e. The molecule has 5 nitrogen and oxygen atoms in total. The van der Waals surface area contributed by atoms with Crippen LogP contribution in [0.15, 0.2) is 23.1 Å². The first-order valence-corrected chi connectivity index (χ1v) is 9.09. The predicted octanol–water partition coefficient (Wildman–Crippen LogP) is 1.74. The molecule has 0 bridgehead atoms. The molecule has 126 valence electrons. The van der Waals surface area contributed by atoms with Crippen LogP contribution in [0.2, 0.25) is 0 Å². The van der Waals surface area contributed by atoms with Gasteiger partial charge in [0.1, 0.15) is 11.6 Å². The molecule has 0 N–H and O–H groups in total. The van der Waals surface area contributed by atoms with E-state index in [9.17, 15) is 22.0 Å². The molecule has 1 aromatic carbocycles. The first-order chi connectivity index (χ1) is 10.9. The number of amides is 1. The summed E-state index contributed by atoms with van der Waals surface area (Å²) in [7, 11) is -4.26. The molecule has 0 saturated carbocycles. The van der Waals surface area contributed by atoms with Crippen molar-refractivity contribution in [1.82, 2.24) is 9.21 Å². The maximum absolute atomic E-state index is 13.9. The van der Waals surface area contributed by atoms with Crippen LogP contribution in [0.25, 0.3) is 0 Å². The summed E-state index contributed by atoms with van der Waals surface area (Å²) in [5.41, 5.74) is 0. The Balaban J connectivity index is 1.87. The van der Waals surface area contributed by atoms with Gasteiger partial charge in [0.25, 0.3) is 0 Å². The lowest BCUT2D eigenvalue weighted by molar-refractivity contribution is -0.130. The minimum absolute atomic E-state index is 0.0197. The third-order valence-electron chi connectivity index (χ3n) is 4.43. The van der Waals surface area contributed by atoms with Crippen molar-refractivity contribution in [1.29, 1.82) is 0 Å². The number of likely N-dealkylation sites (tertiary alicyclic amines) is 1. The molecule has 0 aliphatic carbocycles. The van der Waals surface area contributed by atoms with Crippen molar-refractivity contribution in [3.05, 3.63) is 29.8 Å². The average Bonchev–Trinajstić information content (AvgIpc) is 2.93. The molecule has 3 rings (SSSR count). The molecule has 23 heavy (non-hydrogen) atoms. The Kier molecular flexibility index (Phi) is 4.37. The largest absolute Gasteiger partial charge is 0.338 e. The Morgan fingerprint density at radius 2 is 1.78 bits per heavy atom. The standard InChI is InChI=1S/C15H18F2N2O3S/c16-12-5-1-6-13(17)15(12)23(21,22)18-8-2-4-11(10-18)19-9-3-7-14(19)20/h1,5-6,11H,2-4,7-10H2. The van der Waals surface area contributed by atoms with Crippen molar-refractivity contribution in [2.75, 3.05) is 19.6 Å². The van der Waals surface area contributed by atoms with E-state index in [4.69, 9.17) is 0 Å². The fourth-order valence-corrected chi connectivity index (χ4v) is 4.93. The summed E-state index contributed by atoms with van der Waals surface area (Å²) in [5.74, 6) is -2.17. The van der Waals surface area contributed by atoms with E-state index in [2.05, 4.69) is 0 Å². The van der Waals surface area contributed by atoms with Crippen LogP contribution in [0.3, 0.4) is 0 Å². The van der Waals surface area contributed by atoms with E-state index < -0.39 is 26.6 Å². The lowest BCUT2D eigenvalue weighted by Gasteiger charge is -2.36. The quantitative estimate of drug-likeness (QED) is 0.839. The topological polar surface area (TPSA) is 57.7 Å². The molecule has 1 amide bonds. The third-order valence-corrected chi connectivity index (χ3v) is 6.34. The van der Waals surface area contributed by atoms with E-state index in [1.807, 2.05) is 0 Å². The van der Waals surface area contributed by atoms with Crippen LogP contribution in [0.5, 0.6) is 0 Å². The van der Waals surface area contributed by atoms with Gasteiger partial charge in [0.15, 0.2) is 4.90 Å². The van der Waals surface area contributed by atoms with Crippen LogP contribution in [-0.2, 0) is 14.8 Å². The molecule has 0 radical (unpaired) electrons. The monoisotopic (exact) mass is 344 g/mol. The molecule has 8 heteroatoms. The number of halogens is 2. The van der Waals surface area contributed by atoms with Gasteiger partial charge in [-0.15, -0.1) is 0 Å². The zero-order valence-electron chi connectivity index (χ0n) is 12.5. The second-order valence-electron chi connectivity index (χ2n) is 5.90. The van der Waals surface area contributed by atoms with Crippen LogP contribution < -0.4 is 0 Å². The molecular formula is C15H18F2N2O3S. The van der Waals surface area contributed by atoms with Gasteiger partial charge in [-0.3, -0.25) is 4.79 Å². The second-order valence-corrected chi connectivity index (χ2v) is 7.78. The summed E-state index contributed by atoms with van der Waals surface area (Å²) in [4.78, 5) is 12.6. The van der Waals surface area contributed by atoms with Gasteiger partial charge in [0, 0.05) is 32.1 Å². The number of piperidine rings is 1. The van der Waals surface area contributed by atoms with Crippen molar-refractivity contribution in [2.24, 2.45) is 0 Å². The van der Waals surface area contributed by atoms with Crippen LogP contribution in [0, 0.1) is 11.6 Å². The molecule has 0 aromatic heterocycles. The number of hydrogen-bond acceptors (Lipinski definition) is 3. The summed E-state index contributed by atoms with van der Waals surface area (Å²) < 4.78 is 54.0. The molecule has 2 aliphatic rings. The van der Waals surface area contributed by atoms with E-state index in [-0.39, 0.29) is 25.0 Å². The Hall–Kier alpha value is -1.54. The van der Waals surface area contributed by atoms with Gasteiger partial charge in [0.2, 0.25) is 15.9 Å². The number of benzene rings is 1. The Bertz CT molecular complexity index is 703. The van der Waals surface area contributed by atoms with Crippen molar-refractivity contribution >= 4 is 15.9 Å². The van der Waals surface area contributed by atoms with Gasteiger partial charge >= 0.3 is 0 Å². The summed E-state index contributed by atoms with van der Waals surface area (Å²) in [5, 5.41) is 0.